The number of likely N-dealkylation sites (N-methyl/N-ethyl adjacent to an activating group) is 1. The van der Waals surface area contributed by atoms with E-state index in [-0.39, 0.29) is 0 Å². The monoisotopic (exact) mass is 298 g/mol. The van der Waals surface area contributed by atoms with Crippen LogP contribution in [0.1, 0.15) is 30.0 Å². The molecule has 1 heterocycles. The lowest BCUT2D eigenvalue weighted by atomic mass is 9.99. The third-order valence-electron chi connectivity index (χ3n) is 4.36. The van der Waals surface area contributed by atoms with E-state index < -0.39 is 0 Å². The van der Waals surface area contributed by atoms with E-state index in [0.717, 1.165) is 12.2 Å². The number of nitrogen functional groups attached to an aromatic ring is 1. The van der Waals surface area contributed by atoms with Crippen LogP contribution in [0, 0.1) is 0 Å². The van der Waals surface area contributed by atoms with E-state index in [4.69, 9.17) is 5.73 Å². The molecule has 110 valence electrons. The molecule has 0 bridgehead atoms. The average molecular weight is 298 g/mol. The molecule has 2 nitrogen and oxygen atoms in total. The Morgan fingerprint density at radius 2 is 2.05 bits per heavy atom. The van der Waals surface area contributed by atoms with Crippen molar-refractivity contribution in [3.05, 3.63) is 59.7 Å². The van der Waals surface area contributed by atoms with Gasteiger partial charge in [0.05, 0.1) is 0 Å². The SMILES string of the molecule is CC(c1cccc(N)c1)N(C)CC1CSc2ccccc21. The number of nitrogens with two attached hydrogens (primary N) is 1. The second kappa shape index (κ2) is 6.12. The third-order valence-corrected chi connectivity index (χ3v) is 5.61. The summed E-state index contributed by atoms with van der Waals surface area (Å²) in [5.41, 5.74) is 9.54. The minimum absolute atomic E-state index is 0.381. The molecule has 1 aliphatic rings. The van der Waals surface area contributed by atoms with Crippen LogP contribution in [0.2, 0.25) is 0 Å². The maximum Gasteiger partial charge on any atom is 0.0317 e. The smallest absolute Gasteiger partial charge is 0.0317 e. The molecule has 0 aromatic heterocycles. The summed E-state index contributed by atoms with van der Waals surface area (Å²) >= 11 is 1.98. The predicted molar refractivity (Wildman–Crippen MR) is 91.8 cm³/mol. The van der Waals surface area contributed by atoms with Gasteiger partial charge >= 0.3 is 0 Å². The van der Waals surface area contributed by atoms with Gasteiger partial charge in [0.25, 0.3) is 0 Å². The normalized spacial score (nSPS) is 18.7. The van der Waals surface area contributed by atoms with Crippen LogP contribution < -0.4 is 5.73 Å². The largest absolute Gasteiger partial charge is 0.399 e. The first-order valence-electron chi connectivity index (χ1n) is 7.42. The number of fused-ring (bicyclic) bond motifs is 1. The van der Waals surface area contributed by atoms with Gasteiger partial charge in [0.1, 0.15) is 0 Å². The molecule has 2 N–H and O–H groups in total. The van der Waals surface area contributed by atoms with Gasteiger partial charge in [0.15, 0.2) is 0 Å². The molecule has 0 radical (unpaired) electrons. The van der Waals surface area contributed by atoms with E-state index in [2.05, 4.69) is 55.3 Å². The Morgan fingerprint density at radius 1 is 1.24 bits per heavy atom. The van der Waals surface area contributed by atoms with E-state index in [0.29, 0.717) is 12.0 Å². The van der Waals surface area contributed by atoms with Gasteiger partial charge in [0, 0.05) is 34.8 Å². The summed E-state index contributed by atoms with van der Waals surface area (Å²) in [6, 6.07) is 17.4. The van der Waals surface area contributed by atoms with E-state index in [1.54, 1.807) is 0 Å². The standard InChI is InChI=1S/C18H22N2S/c1-13(14-6-5-7-16(19)10-14)20(2)11-15-12-21-18-9-4-3-8-17(15)18/h3-10,13,15H,11-12,19H2,1-2H3. The molecular formula is C18H22N2S. The van der Waals surface area contributed by atoms with Gasteiger partial charge in [-0.25, -0.2) is 0 Å². The van der Waals surface area contributed by atoms with Crippen LogP contribution in [0.5, 0.6) is 0 Å². The fraction of sp³-hybridized carbons (Fsp3) is 0.333. The Morgan fingerprint density at radius 3 is 2.86 bits per heavy atom. The van der Waals surface area contributed by atoms with E-state index in [9.17, 15) is 0 Å². The molecule has 1 aliphatic heterocycles. The molecule has 0 aliphatic carbocycles. The van der Waals surface area contributed by atoms with Gasteiger partial charge in [-0.15, -0.1) is 11.8 Å². The highest BCUT2D eigenvalue weighted by molar-refractivity contribution is 7.99. The quantitative estimate of drug-likeness (QED) is 0.860. The highest BCUT2D eigenvalue weighted by Gasteiger charge is 2.25. The molecule has 0 spiro atoms. The van der Waals surface area contributed by atoms with Gasteiger partial charge in [-0.2, -0.15) is 0 Å². The molecule has 0 amide bonds. The molecule has 0 saturated heterocycles. The van der Waals surface area contributed by atoms with Crippen molar-refractivity contribution in [3.63, 3.8) is 0 Å². The topological polar surface area (TPSA) is 29.3 Å². The molecule has 3 heteroatoms. The number of anilines is 1. The summed E-state index contributed by atoms with van der Waals surface area (Å²) in [6.45, 7) is 3.34. The molecular weight excluding hydrogens is 276 g/mol. The van der Waals surface area contributed by atoms with Crippen LogP contribution in [-0.2, 0) is 0 Å². The summed E-state index contributed by atoms with van der Waals surface area (Å²) in [4.78, 5) is 3.88. The summed E-state index contributed by atoms with van der Waals surface area (Å²) in [7, 11) is 2.21. The lowest BCUT2D eigenvalue weighted by Gasteiger charge is -2.28. The third kappa shape index (κ3) is 3.09. The van der Waals surface area contributed by atoms with Crippen molar-refractivity contribution in [2.24, 2.45) is 0 Å². The van der Waals surface area contributed by atoms with E-state index in [1.165, 1.54) is 21.8 Å². The zero-order valence-corrected chi connectivity index (χ0v) is 13.4. The van der Waals surface area contributed by atoms with Gasteiger partial charge in [0.2, 0.25) is 0 Å². The van der Waals surface area contributed by atoms with Gasteiger partial charge in [-0.1, -0.05) is 30.3 Å². The van der Waals surface area contributed by atoms with Gasteiger partial charge in [-0.05, 0) is 43.3 Å². The summed E-state index contributed by atoms with van der Waals surface area (Å²) in [5, 5.41) is 0. The number of benzene rings is 2. The van der Waals surface area contributed by atoms with Crippen molar-refractivity contribution in [2.75, 3.05) is 25.1 Å². The van der Waals surface area contributed by atoms with Crippen LogP contribution in [-0.4, -0.2) is 24.2 Å². The zero-order valence-electron chi connectivity index (χ0n) is 12.6. The first-order valence-corrected chi connectivity index (χ1v) is 8.41. The maximum absolute atomic E-state index is 5.90. The van der Waals surface area contributed by atoms with Gasteiger partial charge in [-0.3, -0.25) is 4.90 Å². The highest BCUT2D eigenvalue weighted by atomic mass is 32.2. The Labute approximate surface area is 131 Å². The van der Waals surface area contributed by atoms with Crippen molar-refractivity contribution in [2.45, 2.75) is 23.8 Å². The second-order valence-corrected chi connectivity index (χ2v) is 6.89. The zero-order chi connectivity index (χ0) is 14.8. The van der Waals surface area contributed by atoms with Crippen LogP contribution in [0.3, 0.4) is 0 Å². The van der Waals surface area contributed by atoms with Crippen LogP contribution in [0.15, 0.2) is 53.4 Å². The number of nitrogens with zero attached hydrogens (tertiary/aromatic N) is 1. The highest BCUT2D eigenvalue weighted by Crippen LogP contribution is 2.40. The first kappa shape index (κ1) is 14.5. The molecule has 2 unspecified atom stereocenters. The Kier molecular flexibility index (Phi) is 4.22. The van der Waals surface area contributed by atoms with Gasteiger partial charge < -0.3 is 5.73 Å². The maximum atomic E-state index is 5.90. The fourth-order valence-electron chi connectivity index (χ4n) is 2.96. The second-order valence-electron chi connectivity index (χ2n) is 5.83. The Bertz CT molecular complexity index is 626. The molecule has 3 rings (SSSR count). The van der Waals surface area contributed by atoms with Crippen molar-refractivity contribution < 1.29 is 0 Å². The average Bonchev–Trinajstić information content (AvgIpc) is 2.90. The summed E-state index contributed by atoms with van der Waals surface area (Å²) < 4.78 is 0. The minimum Gasteiger partial charge on any atom is -0.399 e. The van der Waals surface area contributed by atoms with Crippen molar-refractivity contribution in [3.8, 4) is 0 Å². The van der Waals surface area contributed by atoms with Crippen molar-refractivity contribution in [1.29, 1.82) is 0 Å². The number of hydrogen-bond donors (Lipinski definition) is 1. The van der Waals surface area contributed by atoms with Crippen LogP contribution in [0.25, 0.3) is 0 Å². The molecule has 2 aromatic rings. The van der Waals surface area contributed by atoms with Crippen molar-refractivity contribution >= 4 is 17.4 Å². The predicted octanol–water partition coefficient (Wildman–Crippen LogP) is 4.15. The van der Waals surface area contributed by atoms with E-state index in [1.807, 2.05) is 23.9 Å². The summed E-state index contributed by atoms with van der Waals surface area (Å²) in [6.07, 6.45) is 0. The lowest BCUT2D eigenvalue weighted by molar-refractivity contribution is 0.250. The molecule has 0 fully saturated rings. The molecule has 2 aromatic carbocycles. The first-order chi connectivity index (χ1) is 10.1. The van der Waals surface area contributed by atoms with Crippen LogP contribution in [0.4, 0.5) is 5.69 Å². The molecule has 21 heavy (non-hydrogen) atoms. The minimum atomic E-state index is 0.381. The fourth-order valence-corrected chi connectivity index (χ4v) is 4.20. The summed E-state index contributed by atoms with van der Waals surface area (Å²) in [5.74, 6) is 1.81. The Hall–Kier alpha value is -1.45. The van der Waals surface area contributed by atoms with Crippen LogP contribution >= 0.6 is 11.8 Å². The molecule has 0 saturated carbocycles. The molecule has 2 atom stereocenters. The Balaban J connectivity index is 1.71. The number of rotatable bonds is 4. The number of thioether (sulfide) groups is 1. The van der Waals surface area contributed by atoms with E-state index >= 15 is 0 Å². The van der Waals surface area contributed by atoms with Crippen molar-refractivity contribution in [1.82, 2.24) is 4.90 Å². The lowest BCUT2D eigenvalue weighted by Crippen LogP contribution is -2.27. The number of hydrogen-bond acceptors (Lipinski definition) is 3.